The van der Waals surface area contributed by atoms with Crippen LogP contribution >= 0.6 is 38.9 Å². The maximum absolute atomic E-state index is 6.02. The Kier molecular flexibility index (Phi) is 4.05. The van der Waals surface area contributed by atoms with Gasteiger partial charge in [0, 0.05) is 34.7 Å². The Bertz CT molecular complexity index is 725. The lowest BCUT2D eigenvalue weighted by Gasteiger charge is -2.12. The van der Waals surface area contributed by atoms with E-state index in [1.807, 2.05) is 17.6 Å². The van der Waals surface area contributed by atoms with Gasteiger partial charge in [0.25, 0.3) is 0 Å². The number of pyridine rings is 1. The first-order chi connectivity index (χ1) is 9.69. The fourth-order valence-electron chi connectivity index (χ4n) is 2.16. The number of hydrogen-bond acceptors (Lipinski definition) is 4. The maximum Gasteiger partial charge on any atom is 0.160 e. The molecule has 0 aliphatic heterocycles. The second kappa shape index (κ2) is 5.79. The summed E-state index contributed by atoms with van der Waals surface area (Å²) in [6.45, 7) is 2.93. The number of nitrogens with zero attached hydrogens (tertiary/aromatic N) is 4. The van der Waals surface area contributed by atoms with Crippen LogP contribution in [0.25, 0.3) is 11.2 Å². The number of fused-ring (bicyclic) bond motifs is 1. The van der Waals surface area contributed by atoms with Crippen molar-refractivity contribution in [2.75, 3.05) is 0 Å². The highest BCUT2D eigenvalue weighted by Crippen LogP contribution is 2.25. The molecular weight excluding hydrogens is 360 g/mol. The smallest absolute Gasteiger partial charge is 0.160 e. The number of thiazole rings is 1. The monoisotopic (exact) mass is 370 g/mol. The summed E-state index contributed by atoms with van der Waals surface area (Å²) in [5.41, 5.74) is 1.73. The van der Waals surface area contributed by atoms with Crippen LogP contribution in [0.15, 0.2) is 28.3 Å². The van der Waals surface area contributed by atoms with Crippen LogP contribution in [0.5, 0.6) is 0 Å². The molecule has 3 rings (SSSR count). The van der Waals surface area contributed by atoms with Crippen molar-refractivity contribution in [1.29, 1.82) is 0 Å². The first-order valence-corrected chi connectivity index (χ1v) is 8.35. The Balaban J connectivity index is 2.01. The molecule has 3 aromatic rings. The van der Waals surface area contributed by atoms with Gasteiger partial charge in [0.15, 0.2) is 5.65 Å². The quantitative estimate of drug-likeness (QED) is 0.646. The molecule has 0 saturated heterocycles. The second-order valence-electron chi connectivity index (χ2n) is 4.54. The van der Waals surface area contributed by atoms with Crippen LogP contribution < -0.4 is 0 Å². The van der Waals surface area contributed by atoms with Gasteiger partial charge in [0.05, 0.1) is 10.9 Å². The number of aromatic nitrogens is 4. The number of halogens is 2. The van der Waals surface area contributed by atoms with E-state index in [-0.39, 0.29) is 0 Å². The van der Waals surface area contributed by atoms with Gasteiger partial charge >= 0.3 is 0 Å². The zero-order valence-corrected chi connectivity index (χ0v) is 13.9. The van der Waals surface area contributed by atoms with Crippen molar-refractivity contribution in [2.24, 2.45) is 0 Å². The predicted octanol–water partition coefficient (Wildman–Crippen LogP) is 4.19. The number of imidazole rings is 1. The molecule has 0 radical (unpaired) electrons. The molecule has 7 heteroatoms. The zero-order chi connectivity index (χ0) is 14.1. The van der Waals surface area contributed by atoms with Gasteiger partial charge in [-0.15, -0.1) is 22.9 Å². The Morgan fingerprint density at radius 1 is 1.45 bits per heavy atom. The molecule has 0 aliphatic carbocycles. The van der Waals surface area contributed by atoms with E-state index in [4.69, 9.17) is 11.6 Å². The van der Waals surface area contributed by atoms with Crippen molar-refractivity contribution < 1.29 is 0 Å². The molecule has 0 spiro atoms. The minimum absolute atomic E-state index is 0.305. The average Bonchev–Trinajstić information content (AvgIpc) is 3.06. The van der Waals surface area contributed by atoms with E-state index in [1.165, 1.54) is 0 Å². The Labute approximate surface area is 134 Å². The SMILES string of the molecule is CC(Cn1c(CCl)nc2cc(Br)cnc21)c1nccs1. The summed E-state index contributed by atoms with van der Waals surface area (Å²) in [5.74, 6) is 1.52. The van der Waals surface area contributed by atoms with Gasteiger partial charge < -0.3 is 4.57 Å². The standard InChI is InChI=1S/C13H12BrClN4S/c1-8(13-16-2-3-20-13)7-19-11(5-15)18-10-4-9(14)6-17-12(10)19/h2-4,6,8H,5,7H2,1H3. The molecule has 0 saturated carbocycles. The summed E-state index contributed by atoms with van der Waals surface area (Å²) >= 11 is 11.1. The highest BCUT2D eigenvalue weighted by molar-refractivity contribution is 9.10. The lowest BCUT2D eigenvalue weighted by Crippen LogP contribution is -2.09. The third-order valence-electron chi connectivity index (χ3n) is 3.08. The van der Waals surface area contributed by atoms with E-state index in [0.29, 0.717) is 11.8 Å². The van der Waals surface area contributed by atoms with Crippen LogP contribution in [-0.2, 0) is 12.4 Å². The molecule has 0 fully saturated rings. The molecule has 0 aliphatic rings. The zero-order valence-electron chi connectivity index (χ0n) is 10.8. The Morgan fingerprint density at radius 3 is 3.00 bits per heavy atom. The van der Waals surface area contributed by atoms with Gasteiger partial charge in [-0.25, -0.2) is 15.0 Å². The molecule has 0 amide bonds. The Hall–Kier alpha value is -0.980. The number of hydrogen-bond donors (Lipinski definition) is 0. The van der Waals surface area contributed by atoms with Crippen molar-refractivity contribution in [3.8, 4) is 0 Å². The van der Waals surface area contributed by atoms with E-state index in [0.717, 1.165) is 33.0 Å². The van der Waals surface area contributed by atoms with Crippen molar-refractivity contribution >= 4 is 50.0 Å². The molecular formula is C13H12BrClN4S. The highest BCUT2D eigenvalue weighted by atomic mass is 79.9. The molecule has 1 atom stereocenters. The van der Waals surface area contributed by atoms with Crippen LogP contribution in [0.4, 0.5) is 0 Å². The van der Waals surface area contributed by atoms with Crippen molar-refractivity contribution in [3.63, 3.8) is 0 Å². The van der Waals surface area contributed by atoms with Crippen LogP contribution in [0.1, 0.15) is 23.7 Å². The van der Waals surface area contributed by atoms with E-state index in [9.17, 15) is 0 Å². The van der Waals surface area contributed by atoms with E-state index >= 15 is 0 Å². The average molecular weight is 372 g/mol. The molecule has 3 heterocycles. The molecule has 20 heavy (non-hydrogen) atoms. The summed E-state index contributed by atoms with van der Waals surface area (Å²) < 4.78 is 3.00. The molecule has 1 unspecified atom stereocenters. The summed E-state index contributed by atoms with van der Waals surface area (Å²) in [6, 6.07) is 1.96. The molecule has 104 valence electrons. The minimum Gasteiger partial charge on any atom is -0.311 e. The maximum atomic E-state index is 6.02. The van der Waals surface area contributed by atoms with Gasteiger partial charge in [-0.1, -0.05) is 6.92 Å². The van der Waals surface area contributed by atoms with Gasteiger partial charge in [0.2, 0.25) is 0 Å². The highest BCUT2D eigenvalue weighted by Gasteiger charge is 2.16. The van der Waals surface area contributed by atoms with Gasteiger partial charge in [0.1, 0.15) is 11.3 Å². The second-order valence-corrected chi connectivity index (χ2v) is 6.65. The predicted molar refractivity (Wildman–Crippen MR) is 85.3 cm³/mol. The summed E-state index contributed by atoms with van der Waals surface area (Å²) in [4.78, 5) is 13.4. The topological polar surface area (TPSA) is 43.6 Å². The van der Waals surface area contributed by atoms with Crippen LogP contribution in [0.3, 0.4) is 0 Å². The Morgan fingerprint density at radius 2 is 2.30 bits per heavy atom. The largest absolute Gasteiger partial charge is 0.311 e. The summed E-state index contributed by atoms with van der Waals surface area (Å²) in [6.07, 6.45) is 3.62. The molecule has 0 bridgehead atoms. The number of rotatable bonds is 4. The normalized spacial score (nSPS) is 12.9. The first-order valence-electron chi connectivity index (χ1n) is 6.15. The molecule has 4 nitrogen and oxygen atoms in total. The number of alkyl halides is 1. The van der Waals surface area contributed by atoms with Crippen molar-refractivity contribution in [2.45, 2.75) is 25.3 Å². The van der Waals surface area contributed by atoms with Crippen LogP contribution in [-0.4, -0.2) is 19.5 Å². The lowest BCUT2D eigenvalue weighted by molar-refractivity contribution is 0.589. The van der Waals surface area contributed by atoms with E-state index < -0.39 is 0 Å². The van der Waals surface area contributed by atoms with E-state index in [1.54, 1.807) is 17.5 Å². The third-order valence-corrected chi connectivity index (χ3v) is 4.76. The van der Waals surface area contributed by atoms with Crippen molar-refractivity contribution in [1.82, 2.24) is 19.5 Å². The molecule has 3 aromatic heterocycles. The van der Waals surface area contributed by atoms with E-state index in [2.05, 4.69) is 42.4 Å². The van der Waals surface area contributed by atoms with Gasteiger partial charge in [-0.2, -0.15) is 0 Å². The molecule has 0 N–H and O–H groups in total. The fourth-order valence-corrected chi connectivity index (χ4v) is 3.37. The molecule has 0 aromatic carbocycles. The van der Waals surface area contributed by atoms with Gasteiger partial charge in [-0.3, -0.25) is 0 Å². The minimum atomic E-state index is 0.305. The summed E-state index contributed by atoms with van der Waals surface area (Å²) in [7, 11) is 0. The fraction of sp³-hybridized carbons (Fsp3) is 0.308. The van der Waals surface area contributed by atoms with Crippen molar-refractivity contribution in [3.05, 3.63) is 39.1 Å². The lowest BCUT2D eigenvalue weighted by atomic mass is 10.2. The van der Waals surface area contributed by atoms with Gasteiger partial charge in [-0.05, 0) is 22.0 Å². The summed E-state index contributed by atoms with van der Waals surface area (Å²) in [5, 5.41) is 3.11. The van der Waals surface area contributed by atoms with Crippen LogP contribution in [0, 0.1) is 0 Å². The van der Waals surface area contributed by atoms with Crippen LogP contribution in [0.2, 0.25) is 0 Å². The third kappa shape index (κ3) is 2.60. The first kappa shape index (κ1) is 14.0.